The minimum absolute atomic E-state index is 0.00567. The summed E-state index contributed by atoms with van der Waals surface area (Å²) in [6, 6.07) is 16.4. The number of carbonyl (C=O) groups is 2. The highest BCUT2D eigenvalue weighted by Gasteiger charge is 2.23. The lowest BCUT2D eigenvalue weighted by molar-refractivity contribution is -0.120. The Hall–Kier alpha value is -3.51. The zero-order valence-corrected chi connectivity index (χ0v) is 22.2. The molecular formula is C28H31FN4O5S. The smallest absolute Gasteiger partial charge is 0.251 e. The van der Waals surface area contributed by atoms with Gasteiger partial charge in [0.15, 0.2) is 5.78 Å². The van der Waals surface area contributed by atoms with Crippen LogP contribution in [0.1, 0.15) is 21.6 Å². The van der Waals surface area contributed by atoms with Crippen molar-refractivity contribution in [2.24, 2.45) is 0 Å². The number of nitrogens with zero attached hydrogens (tertiary/aromatic N) is 2. The fraction of sp³-hybridized carbons (Fsp3) is 0.321. The number of rotatable bonds is 12. The summed E-state index contributed by atoms with van der Waals surface area (Å²) >= 11 is 0. The standard InChI is InChI=1S/C28H31FN4O5S/c29-23-8-6-22(7-9-23)28(35)32-26(18-21-4-2-1-3-5-21)27(34)19-24-10-11-25(20-30-24)39(36,37)31-12-13-33-14-16-38-17-15-33/h1-11,20,26,31H,12-19H2,(H,32,35)/t26-/m0/s1. The van der Waals surface area contributed by atoms with E-state index in [1.807, 2.05) is 30.3 Å². The van der Waals surface area contributed by atoms with Crippen LogP contribution in [0.15, 0.2) is 77.8 Å². The molecule has 4 rings (SSSR count). The number of amides is 1. The summed E-state index contributed by atoms with van der Waals surface area (Å²) in [6.45, 7) is 3.65. The number of hydrogen-bond donors (Lipinski definition) is 2. The number of halogens is 1. The van der Waals surface area contributed by atoms with Crippen molar-refractivity contribution < 1.29 is 27.1 Å². The number of pyridine rings is 1. The summed E-state index contributed by atoms with van der Waals surface area (Å²) in [6.07, 6.45) is 1.38. The highest BCUT2D eigenvalue weighted by atomic mass is 32.2. The molecule has 9 nitrogen and oxygen atoms in total. The summed E-state index contributed by atoms with van der Waals surface area (Å²) in [7, 11) is -3.75. The van der Waals surface area contributed by atoms with Crippen LogP contribution in [0, 0.1) is 5.82 Å². The number of aromatic nitrogens is 1. The van der Waals surface area contributed by atoms with E-state index in [4.69, 9.17) is 4.74 Å². The van der Waals surface area contributed by atoms with Crippen molar-refractivity contribution in [2.45, 2.75) is 23.8 Å². The Labute approximate surface area is 227 Å². The Bertz CT molecular complexity index is 1350. The Morgan fingerprint density at radius 1 is 1.00 bits per heavy atom. The molecule has 1 fully saturated rings. The maximum absolute atomic E-state index is 13.3. The van der Waals surface area contributed by atoms with Gasteiger partial charge in [-0.25, -0.2) is 17.5 Å². The fourth-order valence-electron chi connectivity index (χ4n) is 4.16. The van der Waals surface area contributed by atoms with Crippen LogP contribution in [0.25, 0.3) is 0 Å². The molecule has 1 amide bonds. The van der Waals surface area contributed by atoms with Crippen molar-refractivity contribution >= 4 is 21.7 Å². The first kappa shape index (κ1) is 28.5. The molecule has 0 aliphatic carbocycles. The van der Waals surface area contributed by atoms with E-state index in [0.29, 0.717) is 25.5 Å². The van der Waals surface area contributed by atoms with Crippen molar-refractivity contribution in [3.8, 4) is 0 Å². The zero-order valence-electron chi connectivity index (χ0n) is 21.4. The molecule has 3 aromatic rings. The third-order valence-electron chi connectivity index (χ3n) is 6.37. The number of ketones is 1. The molecule has 0 bridgehead atoms. The fourth-order valence-corrected chi connectivity index (χ4v) is 5.13. The van der Waals surface area contributed by atoms with Crippen molar-refractivity contribution in [1.29, 1.82) is 0 Å². The number of benzene rings is 2. The van der Waals surface area contributed by atoms with Crippen molar-refractivity contribution in [3.05, 3.63) is 95.6 Å². The highest BCUT2D eigenvalue weighted by Crippen LogP contribution is 2.12. The van der Waals surface area contributed by atoms with E-state index in [0.717, 1.165) is 18.7 Å². The number of hydrogen-bond acceptors (Lipinski definition) is 7. The molecule has 1 atom stereocenters. The van der Waals surface area contributed by atoms with E-state index >= 15 is 0 Å². The number of carbonyl (C=O) groups excluding carboxylic acids is 2. The van der Waals surface area contributed by atoms with Gasteiger partial charge in [0.2, 0.25) is 10.0 Å². The SMILES string of the molecule is O=C(N[C@@H](Cc1ccccc1)C(=O)Cc1ccc(S(=O)(=O)NCCN2CCOCC2)cn1)c1ccc(F)cc1. The molecule has 2 aromatic carbocycles. The summed E-state index contributed by atoms with van der Waals surface area (Å²) in [5.74, 6) is -1.25. The van der Waals surface area contributed by atoms with Gasteiger partial charge < -0.3 is 10.1 Å². The van der Waals surface area contributed by atoms with Gasteiger partial charge in [-0.3, -0.25) is 19.5 Å². The van der Waals surface area contributed by atoms with E-state index in [1.54, 1.807) is 0 Å². The zero-order chi connectivity index (χ0) is 27.7. The maximum atomic E-state index is 13.3. The first-order chi connectivity index (χ1) is 18.8. The lowest BCUT2D eigenvalue weighted by Crippen LogP contribution is -2.43. The van der Waals surface area contributed by atoms with Crippen LogP contribution in [-0.2, 0) is 32.4 Å². The molecule has 0 spiro atoms. The van der Waals surface area contributed by atoms with Gasteiger partial charge in [0.25, 0.3) is 5.91 Å². The molecule has 2 N–H and O–H groups in total. The molecule has 1 saturated heterocycles. The maximum Gasteiger partial charge on any atom is 0.251 e. The first-order valence-electron chi connectivity index (χ1n) is 12.7. The molecule has 0 saturated carbocycles. The van der Waals surface area contributed by atoms with E-state index in [2.05, 4.69) is 19.9 Å². The quantitative estimate of drug-likeness (QED) is 0.352. The van der Waals surface area contributed by atoms with Gasteiger partial charge in [0.05, 0.1) is 25.7 Å². The van der Waals surface area contributed by atoms with E-state index in [-0.39, 0.29) is 35.6 Å². The molecule has 1 aliphatic rings. The van der Waals surface area contributed by atoms with Crippen LogP contribution in [0.5, 0.6) is 0 Å². The largest absolute Gasteiger partial charge is 0.379 e. The summed E-state index contributed by atoms with van der Waals surface area (Å²) < 4.78 is 46.5. The number of ether oxygens (including phenoxy) is 1. The predicted octanol–water partition coefficient (Wildman–Crippen LogP) is 1.98. The molecule has 1 aromatic heterocycles. The van der Waals surface area contributed by atoms with Crippen LogP contribution in [0.3, 0.4) is 0 Å². The minimum Gasteiger partial charge on any atom is -0.379 e. The molecule has 39 heavy (non-hydrogen) atoms. The van der Waals surface area contributed by atoms with Gasteiger partial charge in [-0.2, -0.15) is 0 Å². The topological polar surface area (TPSA) is 118 Å². The second-order valence-corrected chi connectivity index (χ2v) is 11.0. The van der Waals surface area contributed by atoms with Crippen LogP contribution in [-0.4, -0.2) is 75.4 Å². The number of Topliss-reactive ketones (excluding diaryl/α,β-unsaturated/α-hetero) is 1. The van der Waals surface area contributed by atoms with Crippen molar-refractivity contribution in [2.75, 3.05) is 39.4 Å². The third kappa shape index (κ3) is 8.49. The van der Waals surface area contributed by atoms with E-state index in [9.17, 15) is 22.4 Å². The summed E-state index contributed by atoms with van der Waals surface area (Å²) in [5.41, 5.74) is 1.46. The normalized spacial score (nSPS) is 15.0. The van der Waals surface area contributed by atoms with E-state index in [1.165, 1.54) is 42.6 Å². The van der Waals surface area contributed by atoms with Crippen molar-refractivity contribution in [1.82, 2.24) is 19.9 Å². The highest BCUT2D eigenvalue weighted by molar-refractivity contribution is 7.89. The molecular weight excluding hydrogens is 523 g/mol. The van der Waals surface area contributed by atoms with Gasteiger partial charge in [0, 0.05) is 43.6 Å². The Morgan fingerprint density at radius 3 is 2.38 bits per heavy atom. The third-order valence-corrected chi connectivity index (χ3v) is 7.82. The average Bonchev–Trinajstić information content (AvgIpc) is 2.94. The summed E-state index contributed by atoms with van der Waals surface area (Å²) in [5, 5.41) is 2.75. The van der Waals surface area contributed by atoms with Crippen LogP contribution in [0.4, 0.5) is 4.39 Å². The lowest BCUT2D eigenvalue weighted by atomic mass is 9.99. The van der Waals surface area contributed by atoms with Crippen LogP contribution in [0.2, 0.25) is 0 Å². The first-order valence-corrected chi connectivity index (χ1v) is 14.2. The Morgan fingerprint density at radius 2 is 1.72 bits per heavy atom. The molecule has 206 valence electrons. The average molecular weight is 555 g/mol. The predicted molar refractivity (Wildman–Crippen MR) is 143 cm³/mol. The molecule has 2 heterocycles. The van der Waals surface area contributed by atoms with Crippen LogP contribution < -0.4 is 10.0 Å². The lowest BCUT2D eigenvalue weighted by Gasteiger charge is -2.26. The minimum atomic E-state index is -3.75. The Balaban J connectivity index is 1.39. The number of morpholine rings is 1. The molecule has 0 unspecified atom stereocenters. The molecule has 0 radical (unpaired) electrons. The molecule has 1 aliphatic heterocycles. The number of sulfonamides is 1. The number of nitrogens with one attached hydrogen (secondary N) is 2. The van der Waals surface area contributed by atoms with Gasteiger partial charge in [-0.15, -0.1) is 0 Å². The Kier molecular flexibility index (Phi) is 9.88. The van der Waals surface area contributed by atoms with Gasteiger partial charge in [-0.1, -0.05) is 30.3 Å². The van der Waals surface area contributed by atoms with Crippen molar-refractivity contribution in [3.63, 3.8) is 0 Å². The summed E-state index contributed by atoms with van der Waals surface area (Å²) in [4.78, 5) is 32.4. The van der Waals surface area contributed by atoms with E-state index < -0.39 is 27.8 Å². The van der Waals surface area contributed by atoms with Gasteiger partial charge in [-0.05, 0) is 48.4 Å². The second-order valence-electron chi connectivity index (χ2n) is 9.20. The van der Waals surface area contributed by atoms with Gasteiger partial charge in [0.1, 0.15) is 10.7 Å². The van der Waals surface area contributed by atoms with Crippen LogP contribution >= 0.6 is 0 Å². The monoisotopic (exact) mass is 554 g/mol. The van der Waals surface area contributed by atoms with Gasteiger partial charge >= 0.3 is 0 Å². The molecule has 11 heteroatoms. The second kappa shape index (κ2) is 13.5.